The molecule has 1 aromatic heterocycles. The third-order valence-electron chi connectivity index (χ3n) is 2.20. The van der Waals surface area contributed by atoms with Crippen molar-refractivity contribution in [2.75, 3.05) is 14.1 Å². The van der Waals surface area contributed by atoms with Crippen molar-refractivity contribution in [2.45, 2.75) is 19.2 Å². The van der Waals surface area contributed by atoms with Crippen LogP contribution in [0.25, 0.3) is 0 Å². The molecular formula is C10H14N3S2. The standard InChI is InChI=1S/C10H14N3S2/c1-7-5-15-10(13(7)12(3)4)9-6-14-8(2)11-9/h6,10H,1-4H3. The average molecular weight is 240 g/mol. The minimum absolute atomic E-state index is 0.255. The second-order valence-electron chi connectivity index (χ2n) is 3.64. The molecule has 0 saturated carbocycles. The molecule has 0 spiro atoms. The number of hydrazine groups is 1. The molecule has 0 amide bonds. The normalized spacial score (nSPS) is 21.3. The van der Waals surface area contributed by atoms with Crippen molar-refractivity contribution in [3.8, 4) is 0 Å². The molecule has 1 atom stereocenters. The maximum absolute atomic E-state index is 4.54. The van der Waals surface area contributed by atoms with Crippen molar-refractivity contribution >= 4 is 23.1 Å². The van der Waals surface area contributed by atoms with Crippen molar-refractivity contribution in [1.82, 2.24) is 15.0 Å². The van der Waals surface area contributed by atoms with E-state index in [0.29, 0.717) is 0 Å². The third-order valence-corrected chi connectivity index (χ3v) is 4.07. The molecule has 2 heterocycles. The van der Waals surface area contributed by atoms with Gasteiger partial charge in [0, 0.05) is 30.6 Å². The number of hydrogen-bond acceptors (Lipinski definition) is 5. The van der Waals surface area contributed by atoms with Gasteiger partial charge in [-0.15, -0.1) is 11.3 Å². The molecule has 0 fully saturated rings. The molecule has 0 aliphatic carbocycles. The van der Waals surface area contributed by atoms with E-state index in [1.165, 1.54) is 0 Å². The van der Waals surface area contributed by atoms with Crippen LogP contribution in [0, 0.1) is 12.3 Å². The fraction of sp³-hybridized carbons (Fsp3) is 0.500. The molecule has 0 aromatic carbocycles. The van der Waals surface area contributed by atoms with Gasteiger partial charge in [0.25, 0.3) is 0 Å². The first-order valence-electron chi connectivity index (χ1n) is 4.73. The largest absolute Gasteiger partial charge is 0.290 e. The maximum Gasteiger partial charge on any atom is 0.138 e. The third kappa shape index (κ3) is 2.04. The molecule has 1 radical (unpaired) electrons. The highest BCUT2D eigenvalue weighted by Crippen LogP contribution is 2.41. The van der Waals surface area contributed by atoms with Crippen molar-refractivity contribution in [3.63, 3.8) is 0 Å². The van der Waals surface area contributed by atoms with Gasteiger partial charge in [-0.2, -0.15) is 0 Å². The first-order chi connectivity index (χ1) is 7.09. The Labute approximate surface area is 98.8 Å². The first kappa shape index (κ1) is 11.0. The SMILES string of the molecule is CC1=[C]SC(c2csc(C)n2)N1N(C)C. The molecule has 1 aliphatic heterocycles. The lowest BCUT2D eigenvalue weighted by atomic mass is 10.4. The van der Waals surface area contributed by atoms with Gasteiger partial charge in [0.2, 0.25) is 0 Å². The summed E-state index contributed by atoms with van der Waals surface area (Å²) in [6.45, 7) is 4.12. The van der Waals surface area contributed by atoms with Gasteiger partial charge in [0.05, 0.1) is 10.7 Å². The highest BCUT2D eigenvalue weighted by atomic mass is 32.2. The summed E-state index contributed by atoms with van der Waals surface area (Å²) in [5, 5.41) is 11.1. The molecule has 0 saturated heterocycles. The van der Waals surface area contributed by atoms with Gasteiger partial charge in [0.15, 0.2) is 0 Å². The van der Waals surface area contributed by atoms with Gasteiger partial charge >= 0.3 is 0 Å². The Kier molecular flexibility index (Phi) is 3.04. The summed E-state index contributed by atoms with van der Waals surface area (Å²) >= 11 is 3.39. The van der Waals surface area contributed by atoms with E-state index in [-0.39, 0.29) is 5.37 Å². The summed E-state index contributed by atoms with van der Waals surface area (Å²) in [7, 11) is 4.09. The molecule has 1 unspecified atom stereocenters. The molecular weight excluding hydrogens is 226 g/mol. The smallest absolute Gasteiger partial charge is 0.138 e. The van der Waals surface area contributed by atoms with Crippen LogP contribution in [0.15, 0.2) is 11.1 Å². The number of nitrogens with zero attached hydrogens (tertiary/aromatic N) is 3. The topological polar surface area (TPSA) is 19.4 Å². The second-order valence-corrected chi connectivity index (χ2v) is 5.59. The number of aryl methyl sites for hydroxylation is 1. The Hall–Kier alpha value is -0.520. The Bertz CT molecular complexity index is 384. The molecule has 1 aliphatic rings. The Morgan fingerprint density at radius 3 is 2.73 bits per heavy atom. The molecule has 0 N–H and O–H groups in total. The summed E-state index contributed by atoms with van der Waals surface area (Å²) in [5.41, 5.74) is 2.28. The van der Waals surface area contributed by atoms with Crippen LogP contribution in [0.2, 0.25) is 0 Å². The summed E-state index contributed by atoms with van der Waals surface area (Å²) in [6, 6.07) is 0. The predicted octanol–water partition coefficient (Wildman–Crippen LogP) is 2.64. The van der Waals surface area contributed by atoms with Gasteiger partial charge in [-0.3, -0.25) is 5.01 Å². The number of aromatic nitrogens is 1. The van der Waals surface area contributed by atoms with E-state index in [1.54, 1.807) is 23.1 Å². The number of allylic oxidation sites excluding steroid dienone is 1. The number of thiazole rings is 1. The van der Waals surface area contributed by atoms with Crippen molar-refractivity contribution in [3.05, 3.63) is 27.2 Å². The lowest BCUT2D eigenvalue weighted by Gasteiger charge is -2.32. The Morgan fingerprint density at radius 1 is 1.47 bits per heavy atom. The summed E-state index contributed by atoms with van der Waals surface area (Å²) in [5.74, 6) is 0. The van der Waals surface area contributed by atoms with Gasteiger partial charge in [-0.1, -0.05) is 11.8 Å². The molecule has 5 heteroatoms. The summed E-state index contributed by atoms with van der Waals surface area (Å²) in [4.78, 5) is 4.54. The van der Waals surface area contributed by atoms with E-state index < -0.39 is 0 Å². The van der Waals surface area contributed by atoms with Gasteiger partial charge < -0.3 is 0 Å². The van der Waals surface area contributed by atoms with Crippen LogP contribution in [0.5, 0.6) is 0 Å². The zero-order chi connectivity index (χ0) is 11.0. The molecule has 15 heavy (non-hydrogen) atoms. The molecule has 81 valence electrons. The fourth-order valence-electron chi connectivity index (χ4n) is 1.60. The maximum atomic E-state index is 4.54. The Balaban J connectivity index is 2.24. The lowest BCUT2D eigenvalue weighted by Crippen LogP contribution is -2.35. The average Bonchev–Trinajstić information content (AvgIpc) is 2.71. The highest BCUT2D eigenvalue weighted by Gasteiger charge is 2.29. The number of hydrogen-bond donors (Lipinski definition) is 0. The van der Waals surface area contributed by atoms with E-state index in [0.717, 1.165) is 16.4 Å². The minimum Gasteiger partial charge on any atom is -0.290 e. The number of thioether (sulfide) groups is 1. The van der Waals surface area contributed by atoms with Crippen molar-refractivity contribution < 1.29 is 0 Å². The van der Waals surface area contributed by atoms with Crippen LogP contribution in [0.3, 0.4) is 0 Å². The van der Waals surface area contributed by atoms with E-state index in [9.17, 15) is 0 Å². The highest BCUT2D eigenvalue weighted by molar-refractivity contribution is 8.01. The van der Waals surface area contributed by atoms with Crippen molar-refractivity contribution in [2.24, 2.45) is 0 Å². The minimum atomic E-state index is 0.255. The quantitative estimate of drug-likeness (QED) is 0.791. The zero-order valence-corrected chi connectivity index (χ0v) is 10.9. The fourth-order valence-corrected chi connectivity index (χ4v) is 3.38. The second kappa shape index (κ2) is 4.15. The predicted molar refractivity (Wildman–Crippen MR) is 65.1 cm³/mol. The summed E-state index contributed by atoms with van der Waals surface area (Å²) < 4.78 is 0. The van der Waals surface area contributed by atoms with E-state index in [1.807, 2.05) is 21.0 Å². The first-order valence-corrected chi connectivity index (χ1v) is 6.49. The van der Waals surface area contributed by atoms with Crippen LogP contribution in [-0.2, 0) is 0 Å². The van der Waals surface area contributed by atoms with Crippen LogP contribution >= 0.6 is 23.1 Å². The van der Waals surface area contributed by atoms with E-state index >= 15 is 0 Å². The van der Waals surface area contributed by atoms with Crippen LogP contribution in [-0.4, -0.2) is 29.1 Å². The summed E-state index contributed by atoms with van der Waals surface area (Å²) in [6.07, 6.45) is 0. The van der Waals surface area contributed by atoms with E-state index in [2.05, 4.69) is 32.7 Å². The van der Waals surface area contributed by atoms with Crippen LogP contribution in [0.1, 0.15) is 23.0 Å². The van der Waals surface area contributed by atoms with Gasteiger partial charge in [-0.05, 0) is 13.8 Å². The zero-order valence-electron chi connectivity index (χ0n) is 9.31. The molecule has 0 bridgehead atoms. The Morgan fingerprint density at radius 2 is 2.20 bits per heavy atom. The molecule has 1 aromatic rings. The van der Waals surface area contributed by atoms with Crippen LogP contribution < -0.4 is 0 Å². The van der Waals surface area contributed by atoms with Gasteiger partial charge in [0.1, 0.15) is 5.37 Å². The molecule has 3 nitrogen and oxygen atoms in total. The van der Waals surface area contributed by atoms with Crippen molar-refractivity contribution in [1.29, 1.82) is 0 Å². The van der Waals surface area contributed by atoms with Gasteiger partial charge in [-0.25, -0.2) is 9.99 Å². The monoisotopic (exact) mass is 240 g/mol. The lowest BCUT2D eigenvalue weighted by molar-refractivity contribution is 0.0559. The number of rotatable bonds is 2. The molecule has 2 rings (SSSR count). The van der Waals surface area contributed by atoms with Crippen LogP contribution in [0.4, 0.5) is 0 Å². The van der Waals surface area contributed by atoms with E-state index in [4.69, 9.17) is 0 Å².